The Labute approximate surface area is 499 Å². The van der Waals surface area contributed by atoms with Crippen LogP contribution in [0.1, 0.15) is 278 Å². The highest BCUT2D eigenvalue weighted by atomic mass is 16.6. The van der Waals surface area contributed by atoms with Crippen molar-refractivity contribution in [3.05, 3.63) is 158 Å². The zero-order chi connectivity index (χ0) is 58.5. The molecule has 1 unspecified atom stereocenters. The lowest BCUT2D eigenvalue weighted by molar-refractivity contribution is -0.167. The number of unbranched alkanes of at least 4 members (excludes halogenated alkanes) is 21. The van der Waals surface area contributed by atoms with Gasteiger partial charge in [0.05, 0.1) is 0 Å². The maximum Gasteiger partial charge on any atom is 0.306 e. The van der Waals surface area contributed by atoms with Gasteiger partial charge in [0.25, 0.3) is 0 Å². The molecule has 0 rings (SSSR count). The molecular weight excluding hydrogens is 997 g/mol. The quantitative estimate of drug-likeness (QED) is 0.0261. The molecule has 0 heterocycles. The fourth-order valence-electron chi connectivity index (χ4n) is 8.56. The fraction of sp³-hybridized carbons (Fsp3) is 0.613. The Balaban J connectivity index is 4.39. The van der Waals surface area contributed by atoms with Crippen LogP contribution in [-0.4, -0.2) is 37.2 Å². The van der Waals surface area contributed by atoms with E-state index in [1.54, 1.807) is 0 Å². The van der Waals surface area contributed by atoms with Gasteiger partial charge in [-0.2, -0.15) is 0 Å². The second-order valence-electron chi connectivity index (χ2n) is 21.3. The molecule has 0 spiro atoms. The average molecular weight is 1120 g/mol. The summed E-state index contributed by atoms with van der Waals surface area (Å²) < 4.78 is 16.9. The van der Waals surface area contributed by atoms with Crippen LogP contribution < -0.4 is 0 Å². The molecule has 0 aromatic carbocycles. The number of hydrogen-bond acceptors (Lipinski definition) is 6. The monoisotopic (exact) mass is 1120 g/mol. The minimum atomic E-state index is -0.806. The van der Waals surface area contributed by atoms with Crippen LogP contribution in [0.5, 0.6) is 0 Å². The van der Waals surface area contributed by atoms with Gasteiger partial charge in [-0.3, -0.25) is 14.4 Å². The maximum absolute atomic E-state index is 12.9. The van der Waals surface area contributed by atoms with Crippen molar-refractivity contribution >= 4 is 17.9 Å². The summed E-state index contributed by atoms with van der Waals surface area (Å²) in [6.45, 7) is 6.40. The molecule has 0 aliphatic heterocycles. The van der Waals surface area contributed by atoms with Crippen molar-refractivity contribution in [3.63, 3.8) is 0 Å². The molecule has 1 atom stereocenters. The molecule has 0 aromatic heterocycles. The Morgan fingerprint density at radius 3 is 0.802 bits per heavy atom. The summed E-state index contributed by atoms with van der Waals surface area (Å²) in [4.78, 5) is 38.3. The Morgan fingerprint density at radius 1 is 0.259 bits per heavy atom. The summed E-state index contributed by atoms with van der Waals surface area (Å²) in [7, 11) is 0. The molecule has 81 heavy (non-hydrogen) atoms. The van der Waals surface area contributed by atoms with E-state index in [4.69, 9.17) is 14.2 Å². The number of rotatable bonds is 58. The van der Waals surface area contributed by atoms with Crippen LogP contribution in [0.2, 0.25) is 0 Å². The minimum absolute atomic E-state index is 0.101. The second kappa shape index (κ2) is 67.5. The molecule has 0 saturated carbocycles. The minimum Gasteiger partial charge on any atom is -0.462 e. The number of carbonyl (C=O) groups is 3. The van der Waals surface area contributed by atoms with E-state index in [9.17, 15) is 14.4 Å². The summed E-state index contributed by atoms with van der Waals surface area (Å²) >= 11 is 0. The molecule has 0 fully saturated rings. The van der Waals surface area contributed by atoms with E-state index in [0.29, 0.717) is 19.3 Å². The molecule has 0 saturated heterocycles. The summed E-state index contributed by atoms with van der Waals surface area (Å²) in [5, 5.41) is 0. The number of allylic oxidation sites excluding steroid dienone is 26. The maximum atomic E-state index is 12.9. The molecule has 6 nitrogen and oxygen atoms in total. The van der Waals surface area contributed by atoms with Gasteiger partial charge in [0, 0.05) is 19.3 Å². The Kier molecular flexibility index (Phi) is 63.4. The molecule has 0 radical (unpaired) electrons. The lowest BCUT2D eigenvalue weighted by atomic mass is 10.1. The first-order valence-electron chi connectivity index (χ1n) is 33.0. The van der Waals surface area contributed by atoms with Crippen molar-refractivity contribution in [3.8, 4) is 0 Å². The predicted molar refractivity (Wildman–Crippen MR) is 352 cm³/mol. The van der Waals surface area contributed by atoms with Crippen LogP contribution in [0.15, 0.2) is 158 Å². The summed E-state index contributed by atoms with van der Waals surface area (Å²) in [5.74, 6) is -0.944. The largest absolute Gasteiger partial charge is 0.462 e. The molecule has 0 N–H and O–H groups in total. The van der Waals surface area contributed by atoms with Gasteiger partial charge in [-0.1, -0.05) is 269 Å². The number of esters is 3. The van der Waals surface area contributed by atoms with E-state index in [2.05, 4.69) is 179 Å². The Bertz CT molecular complexity index is 1810. The van der Waals surface area contributed by atoms with E-state index in [0.717, 1.165) is 180 Å². The Morgan fingerprint density at radius 2 is 0.506 bits per heavy atom. The van der Waals surface area contributed by atoms with E-state index < -0.39 is 6.10 Å². The average Bonchev–Trinajstić information content (AvgIpc) is 3.46. The van der Waals surface area contributed by atoms with Gasteiger partial charge in [-0.25, -0.2) is 0 Å². The van der Waals surface area contributed by atoms with Crippen molar-refractivity contribution in [2.24, 2.45) is 0 Å². The predicted octanol–water partition coefficient (Wildman–Crippen LogP) is 22.9. The molecule has 0 bridgehead atoms. The van der Waals surface area contributed by atoms with Gasteiger partial charge >= 0.3 is 17.9 Å². The topological polar surface area (TPSA) is 78.9 Å². The van der Waals surface area contributed by atoms with Gasteiger partial charge < -0.3 is 14.2 Å². The van der Waals surface area contributed by atoms with Gasteiger partial charge in [0.15, 0.2) is 6.10 Å². The smallest absolute Gasteiger partial charge is 0.306 e. The molecule has 6 heteroatoms. The van der Waals surface area contributed by atoms with Crippen LogP contribution in [0.3, 0.4) is 0 Å². The Hall–Kier alpha value is -4.97. The van der Waals surface area contributed by atoms with Crippen molar-refractivity contribution in [2.75, 3.05) is 13.2 Å². The first-order chi connectivity index (χ1) is 40.0. The standard InChI is InChI=1S/C75H120O6/c1-4-7-10-13-16-19-22-25-27-29-31-32-33-34-35-36-37-38-39-40-41-42-44-45-47-50-53-56-59-62-65-68-74(77)80-71-72(70-79-73(76)67-64-61-58-55-52-49-24-21-18-15-12-9-6-3)81-75(78)69-66-63-60-57-54-51-48-46-43-30-28-26-23-20-17-14-11-8-5-2/h7,10,12,15-17,19-21,24-28,31-32,34-35,37-38,40-41,43-46,72H,4-6,8-9,11,13-14,18,22-23,29-30,33,36,39,42,47-71H2,1-3H3/b10-7-,15-12-,19-16-,20-17-,24-21-,27-25-,28-26-,32-31-,35-34-,38-37-,41-40-,45-44-,46-43-. The van der Waals surface area contributed by atoms with Gasteiger partial charge in [-0.15, -0.1) is 0 Å². The third-order valence-electron chi connectivity index (χ3n) is 13.5. The first-order valence-corrected chi connectivity index (χ1v) is 33.0. The lowest BCUT2D eigenvalue weighted by Gasteiger charge is -2.18. The van der Waals surface area contributed by atoms with Crippen LogP contribution in [-0.2, 0) is 28.6 Å². The summed E-state index contributed by atoms with van der Waals surface area (Å²) in [6, 6.07) is 0. The molecule has 0 aliphatic carbocycles. The zero-order valence-corrected chi connectivity index (χ0v) is 52.2. The SMILES string of the molecule is CC/C=C\C/C=C\C/C=C\C/C=C\C/C=C\C/C=C\C/C=C\C/C=C\CCCCCCCCC(=O)OCC(COC(=O)CCCCCCC/C=C\C/C=C\CCC)OC(=O)CCCCCCCC/C=C\C/C=C\C/C=C\CCCCC. The second-order valence-corrected chi connectivity index (χ2v) is 21.3. The summed E-state index contributed by atoms with van der Waals surface area (Å²) in [5.41, 5.74) is 0. The molecule has 0 aliphatic rings. The van der Waals surface area contributed by atoms with Crippen molar-refractivity contribution in [1.29, 1.82) is 0 Å². The van der Waals surface area contributed by atoms with Crippen LogP contribution in [0.4, 0.5) is 0 Å². The van der Waals surface area contributed by atoms with Crippen molar-refractivity contribution in [2.45, 2.75) is 284 Å². The van der Waals surface area contributed by atoms with Crippen molar-refractivity contribution in [1.82, 2.24) is 0 Å². The van der Waals surface area contributed by atoms with Gasteiger partial charge in [0.2, 0.25) is 0 Å². The third-order valence-corrected chi connectivity index (χ3v) is 13.5. The summed E-state index contributed by atoms with van der Waals surface area (Å²) in [6.07, 6.45) is 98.2. The molecule has 0 aromatic rings. The van der Waals surface area contributed by atoms with Crippen LogP contribution in [0, 0.1) is 0 Å². The fourth-order valence-corrected chi connectivity index (χ4v) is 8.56. The third kappa shape index (κ3) is 65.7. The normalized spacial score (nSPS) is 13.2. The lowest BCUT2D eigenvalue weighted by Crippen LogP contribution is -2.30. The highest BCUT2D eigenvalue weighted by molar-refractivity contribution is 5.71. The van der Waals surface area contributed by atoms with E-state index >= 15 is 0 Å². The first kappa shape index (κ1) is 76.0. The number of ether oxygens (including phenoxy) is 3. The number of hydrogen-bond donors (Lipinski definition) is 0. The van der Waals surface area contributed by atoms with E-state index in [-0.39, 0.29) is 31.1 Å². The van der Waals surface area contributed by atoms with Gasteiger partial charge in [0.1, 0.15) is 13.2 Å². The highest BCUT2D eigenvalue weighted by Gasteiger charge is 2.19. The molecular formula is C75H120O6. The molecule has 456 valence electrons. The zero-order valence-electron chi connectivity index (χ0n) is 52.2. The van der Waals surface area contributed by atoms with Crippen LogP contribution >= 0.6 is 0 Å². The number of carbonyl (C=O) groups excluding carboxylic acids is 3. The van der Waals surface area contributed by atoms with Gasteiger partial charge in [-0.05, 0) is 148 Å². The van der Waals surface area contributed by atoms with Crippen molar-refractivity contribution < 1.29 is 28.6 Å². The van der Waals surface area contributed by atoms with E-state index in [1.165, 1.54) is 57.8 Å². The van der Waals surface area contributed by atoms with Crippen LogP contribution in [0.25, 0.3) is 0 Å². The highest BCUT2D eigenvalue weighted by Crippen LogP contribution is 2.14. The molecule has 0 amide bonds. The van der Waals surface area contributed by atoms with E-state index in [1.807, 2.05) is 0 Å².